The van der Waals surface area contributed by atoms with Crippen molar-refractivity contribution in [3.8, 4) is 0 Å². The predicted molar refractivity (Wildman–Crippen MR) is 59.4 cm³/mol. The summed E-state index contributed by atoms with van der Waals surface area (Å²) in [5, 5.41) is 0. The smallest absolute Gasteiger partial charge is 0.106 e. The number of H-pyrrole nitrogens is 1. The number of thiophene rings is 1. The molecule has 3 aromatic heterocycles. The highest BCUT2D eigenvalue weighted by Crippen LogP contribution is 2.30. The fourth-order valence-corrected chi connectivity index (χ4v) is 2.65. The van der Waals surface area contributed by atoms with Crippen molar-refractivity contribution in [3.63, 3.8) is 0 Å². The maximum absolute atomic E-state index is 5.59. The molecular formula is C10H9N3S. The van der Waals surface area contributed by atoms with Crippen molar-refractivity contribution in [1.29, 1.82) is 0 Å². The molecule has 14 heavy (non-hydrogen) atoms. The summed E-state index contributed by atoms with van der Waals surface area (Å²) in [5.74, 6) is 0. The number of aromatic nitrogens is 2. The first-order chi connectivity index (χ1) is 6.88. The lowest BCUT2D eigenvalue weighted by Crippen LogP contribution is -1.91. The van der Waals surface area contributed by atoms with Gasteiger partial charge in [0.15, 0.2) is 0 Å². The molecule has 3 N–H and O–H groups in total. The summed E-state index contributed by atoms with van der Waals surface area (Å²) in [6.07, 6.45) is 1.82. The first kappa shape index (κ1) is 7.96. The summed E-state index contributed by atoms with van der Waals surface area (Å²) < 4.78 is 1.21. The number of hydrogen-bond donors (Lipinski definition) is 2. The third-order valence-electron chi connectivity index (χ3n) is 2.28. The van der Waals surface area contributed by atoms with Gasteiger partial charge in [-0.1, -0.05) is 0 Å². The van der Waals surface area contributed by atoms with Crippen LogP contribution in [0, 0.1) is 0 Å². The number of nitrogens with two attached hydrogens (primary N) is 1. The second kappa shape index (κ2) is 2.80. The molecule has 70 valence electrons. The van der Waals surface area contributed by atoms with Crippen molar-refractivity contribution in [3.05, 3.63) is 29.3 Å². The van der Waals surface area contributed by atoms with Gasteiger partial charge in [0, 0.05) is 17.6 Å². The van der Waals surface area contributed by atoms with Gasteiger partial charge in [0.2, 0.25) is 0 Å². The predicted octanol–water partition coefficient (Wildman–Crippen LogP) is 2.24. The molecule has 0 bridgehead atoms. The van der Waals surface area contributed by atoms with E-state index in [1.54, 1.807) is 11.3 Å². The minimum atomic E-state index is 0.599. The van der Waals surface area contributed by atoms with E-state index >= 15 is 0 Å². The largest absolute Gasteiger partial charge is 0.352 e. The fourth-order valence-electron chi connectivity index (χ4n) is 1.64. The molecule has 3 nitrogen and oxygen atoms in total. The van der Waals surface area contributed by atoms with E-state index in [0.29, 0.717) is 6.54 Å². The SMILES string of the molecule is NCc1cc2[nH]c3cccnc3c2s1. The van der Waals surface area contributed by atoms with E-state index in [-0.39, 0.29) is 0 Å². The van der Waals surface area contributed by atoms with Crippen molar-refractivity contribution in [2.24, 2.45) is 5.73 Å². The Hall–Kier alpha value is -1.39. The third kappa shape index (κ3) is 0.981. The Morgan fingerprint density at radius 1 is 1.43 bits per heavy atom. The van der Waals surface area contributed by atoms with Gasteiger partial charge in [-0.3, -0.25) is 4.98 Å². The monoisotopic (exact) mass is 203 g/mol. The average molecular weight is 203 g/mol. The zero-order chi connectivity index (χ0) is 9.54. The van der Waals surface area contributed by atoms with Crippen molar-refractivity contribution in [1.82, 2.24) is 9.97 Å². The maximum Gasteiger partial charge on any atom is 0.106 e. The van der Waals surface area contributed by atoms with Crippen LogP contribution in [-0.2, 0) is 6.54 Å². The topological polar surface area (TPSA) is 54.7 Å². The van der Waals surface area contributed by atoms with Crippen molar-refractivity contribution in [2.45, 2.75) is 6.54 Å². The van der Waals surface area contributed by atoms with Crippen LogP contribution in [0.1, 0.15) is 4.88 Å². The highest BCUT2D eigenvalue weighted by molar-refractivity contribution is 7.20. The van der Waals surface area contributed by atoms with E-state index in [9.17, 15) is 0 Å². The van der Waals surface area contributed by atoms with Crippen LogP contribution in [0.5, 0.6) is 0 Å². The van der Waals surface area contributed by atoms with Gasteiger partial charge in [-0.05, 0) is 18.2 Å². The van der Waals surface area contributed by atoms with Crippen molar-refractivity contribution >= 4 is 32.6 Å². The Balaban J connectivity index is 2.45. The maximum atomic E-state index is 5.59. The second-order valence-electron chi connectivity index (χ2n) is 3.18. The molecule has 4 heteroatoms. The number of nitrogens with zero attached hydrogens (tertiary/aromatic N) is 1. The highest BCUT2D eigenvalue weighted by Gasteiger charge is 2.07. The lowest BCUT2D eigenvalue weighted by atomic mass is 10.4. The van der Waals surface area contributed by atoms with Gasteiger partial charge in [-0.15, -0.1) is 11.3 Å². The van der Waals surface area contributed by atoms with Crippen LogP contribution < -0.4 is 5.73 Å². The standard InChI is InChI=1S/C10H9N3S/c11-5-6-4-8-10(14-6)9-7(13-8)2-1-3-12-9/h1-4,13H,5,11H2. The summed E-state index contributed by atoms with van der Waals surface area (Å²) in [6, 6.07) is 6.07. The van der Waals surface area contributed by atoms with Gasteiger partial charge < -0.3 is 10.7 Å². The Labute approximate surface area is 84.6 Å². The molecule has 0 radical (unpaired) electrons. The minimum Gasteiger partial charge on any atom is -0.352 e. The van der Waals surface area contributed by atoms with Crippen LogP contribution in [0.15, 0.2) is 24.4 Å². The van der Waals surface area contributed by atoms with E-state index in [4.69, 9.17) is 5.73 Å². The van der Waals surface area contributed by atoms with Crippen LogP contribution >= 0.6 is 11.3 Å². The molecule has 0 amide bonds. The van der Waals surface area contributed by atoms with E-state index in [1.807, 2.05) is 18.3 Å². The van der Waals surface area contributed by atoms with Gasteiger partial charge in [0.1, 0.15) is 5.52 Å². The lowest BCUT2D eigenvalue weighted by molar-refractivity contribution is 1.11. The van der Waals surface area contributed by atoms with Gasteiger partial charge >= 0.3 is 0 Å². The highest BCUT2D eigenvalue weighted by atomic mass is 32.1. The average Bonchev–Trinajstić information content (AvgIpc) is 2.73. The number of pyridine rings is 1. The number of nitrogens with one attached hydrogen (secondary N) is 1. The molecule has 3 rings (SSSR count). The van der Waals surface area contributed by atoms with E-state index in [0.717, 1.165) is 16.6 Å². The molecule has 0 aliphatic rings. The minimum absolute atomic E-state index is 0.599. The van der Waals surface area contributed by atoms with Gasteiger partial charge in [-0.25, -0.2) is 0 Å². The molecule has 3 aromatic rings. The third-order valence-corrected chi connectivity index (χ3v) is 3.44. The van der Waals surface area contributed by atoms with Crippen LogP contribution in [0.25, 0.3) is 21.3 Å². The van der Waals surface area contributed by atoms with Crippen LogP contribution in [0.2, 0.25) is 0 Å². The summed E-state index contributed by atoms with van der Waals surface area (Å²) in [7, 11) is 0. The Kier molecular flexibility index (Phi) is 1.59. The van der Waals surface area contributed by atoms with E-state index in [2.05, 4.69) is 16.0 Å². The molecule has 0 atom stereocenters. The molecule has 0 saturated heterocycles. The fraction of sp³-hybridized carbons (Fsp3) is 0.100. The zero-order valence-electron chi connectivity index (χ0n) is 7.45. The molecule has 0 aromatic carbocycles. The number of hydrogen-bond acceptors (Lipinski definition) is 3. The summed E-state index contributed by atoms with van der Waals surface area (Å²) >= 11 is 1.71. The Morgan fingerprint density at radius 2 is 2.36 bits per heavy atom. The quantitative estimate of drug-likeness (QED) is 0.637. The normalized spacial score (nSPS) is 11.5. The Morgan fingerprint density at radius 3 is 3.21 bits per heavy atom. The zero-order valence-corrected chi connectivity index (χ0v) is 8.27. The molecule has 0 fully saturated rings. The van der Waals surface area contributed by atoms with Gasteiger partial charge in [0.25, 0.3) is 0 Å². The van der Waals surface area contributed by atoms with Gasteiger partial charge in [-0.2, -0.15) is 0 Å². The van der Waals surface area contributed by atoms with Crippen LogP contribution in [0.4, 0.5) is 0 Å². The number of rotatable bonds is 1. The van der Waals surface area contributed by atoms with Gasteiger partial charge in [0.05, 0.1) is 15.7 Å². The second-order valence-corrected chi connectivity index (χ2v) is 4.32. The first-order valence-electron chi connectivity index (χ1n) is 4.43. The van der Waals surface area contributed by atoms with Crippen LogP contribution in [-0.4, -0.2) is 9.97 Å². The summed E-state index contributed by atoms with van der Waals surface area (Å²) in [5.41, 5.74) is 8.88. The van der Waals surface area contributed by atoms with Crippen LogP contribution in [0.3, 0.4) is 0 Å². The molecule has 0 saturated carbocycles. The first-order valence-corrected chi connectivity index (χ1v) is 5.25. The molecule has 0 unspecified atom stereocenters. The Bertz CT molecular complexity index is 593. The lowest BCUT2D eigenvalue weighted by Gasteiger charge is -1.87. The molecule has 0 aliphatic carbocycles. The summed E-state index contributed by atoms with van der Waals surface area (Å²) in [6.45, 7) is 0.599. The van der Waals surface area contributed by atoms with Crippen molar-refractivity contribution in [2.75, 3.05) is 0 Å². The summed E-state index contributed by atoms with van der Waals surface area (Å²) in [4.78, 5) is 8.87. The van der Waals surface area contributed by atoms with Crippen molar-refractivity contribution < 1.29 is 0 Å². The molecule has 0 aliphatic heterocycles. The van der Waals surface area contributed by atoms with E-state index in [1.165, 1.54) is 9.58 Å². The molecular weight excluding hydrogens is 194 g/mol. The number of aromatic amines is 1. The molecule has 3 heterocycles. The van der Waals surface area contributed by atoms with E-state index < -0.39 is 0 Å². The number of fused-ring (bicyclic) bond motifs is 3. The molecule has 0 spiro atoms.